The summed E-state index contributed by atoms with van der Waals surface area (Å²) < 4.78 is 10.7. The number of nitrogens with zero attached hydrogens (tertiary/aromatic N) is 2. The monoisotopic (exact) mass is 523 g/mol. The summed E-state index contributed by atoms with van der Waals surface area (Å²) in [5, 5.41) is 3.03. The van der Waals surface area contributed by atoms with E-state index in [1.807, 2.05) is 35.2 Å². The van der Waals surface area contributed by atoms with Crippen molar-refractivity contribution in [1.82, 2.24) is 10.2 Å². The number of nitrogens with one attached hydrogen (secondary N) is 1. The van der Waals surface area contributed by atoms with Crippen LogP contribution >= 0.6 is 0 Å². The lowest BCUT2D eigenvalue weighted by Crippen LogP contribution is -2.33. The molecule has 0 spiro atoms. The van der Waals surface area contributed by atoms with Crippen LogP contribution in [0.4, 0.5) is 5.69 Å². The van der Waals surface area contributed by atoms with Crippen molar-refractivity contribution >= 4 is 17.5 Å². The van der Waals surface area contributed by atoms with E-state index in [1.165, 1.54) is 19.3 Å². The Morgan fingerprint density at radius 3 is 2.21 bits per heavy atom. The topological polar surface area (TPSA) is 71.1 Å². The Morgan fingerprint density at radius 1 is 0.921 bits per heavy atom. The van der Waals surface area contributed by atoms with Gasteiger partial charge >= 0.3 is 0 Å². The summed E-state index contributed by atoms with van der Waals surface area (Å²) in [4.78, 5) is 30.3. The summed E-state index contributed by atoms with van der Waals surface area (Å²) in [6.45, 7) is 9.95. The van der Waals surface area contributed by atoms with Crippen LogP contribution in [-0.4, -0.2) is 50.6 Å². The summed E-state index contributed by atoms with van der Waals surface area (Å²) in [6, 6.07) is 11.3. The highest BCUT2D eigenvalue weighted by atomic mass is 16.5. The average Bonchev–Trinajstić information content (AvgIpc) is 2.90. The molecule has 0 atom stereocenters. The molecule has 7 nitrogen and oxygen atoms in total. The molecule has 0 saturated heterocycles. The Hall–Kier alpha value is -3.06. The molecule has 1 aliphatic rings. The van der Waals surface area contributed by atoms with Crippen molar-refractivity contribution in [2.24, 2.45) is 5.92 Å². The molecule has 0 unspecified atom stereocenters. The van der Waals surface area contributed by atoms with E-state index in [-0.39, 0.29) is 11.8 Å². The van der Waals surface area contributed by atoms with Gasteiger partial charge in [0, 0.05) is 43.9 Å². The lowest BCUT2D eigenvalue weighted by atomic mass is 10.0. The van der Waals surface area contributed by atoms with Gasteiger partial charge in [-0.3, -0.25) is 14.5 Å². The SMILES string of the molecule is COc1cc(CNC(=O)c2ccc3c(c2)CN(CCC(C)C)CCCCCCCN3C(C)=O)cc(OC)c1. The fourth-order valence-corrected chi connectivity index (χ4v) is 4.90. The molecule has 3 rings (SSSR count). The highest BCUT2D eigenvalue weighted by molar-refractivity contribution is 5.97. The number of methoxy groups -OCH3 is 2. The third-order valence-electron chi connectivity index (χ3n) is 7.15. The van der Waals surface area contributed by atoms with Gasteiger partial charge in [-0.05, 0) is 79.7 Å². The summed E-state index contributed by atoms with van der Waals surface area (Å²) in [6.07, 6.45) is 6.82. The van der Waals surface area contributed by atoms with Crippen LogP contribution in [0.1, 0.15) is 80.8 Å². The number of carbonyl (C=O) groups is 2. The summed E-state index contributed by atoms with van der Waals surface area (Å²) in [5.74, 6) is 1.88. The fraction of sp³-hybridized carbons (Fsp3) is 0.548. The number of rotatable bonds is 8. The second-order valence-electron chi connectivity index (χ2n) is 10.6. The summed E-state index contributed by atoms with van der Waals surface area (Å²) in [7, 11) is 3.22. The van der Waals surface area contributed by atoms with Crippen molar-refractivity contribution in [3.8, 4) is 11.5 Å². The number of amides is 2. The molecule has 208 valence electrons. The number of anilines is 1. The number of hydrogen-bond acceptors (Lipinski definition) is 5. The van der Waals surface area contributed by atoms with Crippen molar-refractivity contribution in [3.05, 3.63) is 53.1 Å². The van der Waals surface area contributed by atoms with Crippen LogP contribution in [0.5, 0.6) is 11.5 Å². The van der Waals surface area contributed by atoms with Crippen LogP contribution in [0.15, 0.2) is 36.4 Å². The van der Waals surface area contributed by atoms with Gasteiger partial charge in [0.15, 0.2) is 0 Å². The second-order valence-corrected chi connectivity index (χ2v) is 10.6. The zero-order valence-corrected chi connectivity index (χ0v) is 23.8. The van der Waals surface area contributed by atoms with E-state index >= 15 is 0 Å². The number of carbonyl (C=O) groups excluding carboxylic acids is 2. The van der Waals surface area contributed by atoms with Crippen LogP contribution < -0.4 is 19.7 Å². The minimum absolute atomic E-state index is 0.0428. The fourth-order valence-electron chi connectivity index (χ4n) is 4.90. The van der Waals surface area contributed by atoms with Gasteiger partial charge in [-0.25, -0.2) is 0 Å². The smallest absolute Gasteiger partial charge is 0.251 e. The first-order chi connectivity index (χ1) is 18.3. The Balaban J connectivity index is 1.87. The van der Waals surface area contributed by atoms with Crippen LogP contribution in [0.25, 0.3) is 0 Å². The van der Waals surface area contributed by atoms with Crippen molar-refractivity contribution in [1.29, 1.82) is 0 Å². The third kappa shape index (κ3) is 8.76. The third-order valence-corrected chi connectivity index (χ3v) is 7.15. The van der Waals surface area contributed by atoms with Crippen LogP contribution in [0.2, 0.25) is 0 Å². The van der Waals surface area contributed by atoms with Crippen LogP contribution in [0, 0.1) is 5.92 Å². The quantitative estimate of drug-likeness (QED) is 0.474. The Morgan fingerprint density at radius 2 is 1.58 bits per heavy atom. The molecule has 0 aromatic heterocycles. The summed E-state index contributed by atoms with van der Waals surface area (Å²) in [5.41, 5.74) is 3.43. The van der Waals surface area contributed by atoms with Gasteiger partial charge < -0.3 is 19.7 Å². The van der Waals surface area contributed by atoms with E-state index in [9.17, 15) is 9.59 Å². The lowest BCUT2D eigenvalue weighted by Gasteiger charge is -2.29. The molecule has 2 amide bonds. The molecule has 2 aromatic rings. The Kier molecular flexibility index (Phi) is 11.5. The number of ether oxygens (including phenoxy) is 2. The van der Waals surface area contributed by atoms with Crippen molar-refractivity contribution in [2.45, 2.75) is 72.4 Å². The lowest BCUT2D eigenvalue weighted by molar-refractivity contribution is -0.116. The van der Waals surface area contributed by atoms with Gasteiger partial charge in [0.05, 0.1) is 14.2 Å². The van der Waals surface area contributed by atoms with E-state index < -0.39 is 0 Å². The van der Waals surface area contributed by atoms with Gasteiger partial charge in [-0.15, -0.1) is 0 Å². The van der Waals surface area contributed by atoms with Gasteiger partial charge in [-0.2, -0.15) is 0 Å². The first kappa shape index (κ1) is 29.5. The molecule has 1 aliphatic heterocycles. The van der Waals surface area contributed by atoms with Crippen LogP contribution in [0.3, 0.4) is 0 Å². The van der Waals surface area contributed by atoms with E-state index in [4.69, 9.17) is 9.47 Å². The van der Waals surface area contributed by atoms with E-state index in [1.54, 1.807) is 27.2 Å². The maximum Gasteiger partial charge on any atom is 0.251 e. The molecule has 2 aromatic carbocycles. The molecule has 1 N–H and O–H groups in total. The van der Waals surface area contributed by atoms with Gasteiger partial charge in [0.25, 0.3) is 5.91 Å². The average molecular weight is 524 g/mol. The molecule has 7 heteroatoms. The molecule has 0 aliphatic carbocycles. The molecule has 1 heterocycles. The van der Waals surface area contributed by atoms with Crippen molar-refractivity contribution in [3.63, 3.8) is 0 Å². The number of hydrogen-bond donors (Lipinski definition) is 1. The first-order valence-electron chi connectivity index (χ1n) is 13.9. The molecular formula is C31H45N3O4. The Labute approximate surface area is 228 Å². The minimum Gasteiger partial charge on any atom is -0.497 e. The molecule has 38 heavy (non-hydrogen) atoms. The van der Waals surface area contributed by atoms with Gasteiger partial charge in [0.1, 0.15) is 11.5 Å². The van der Waals surface area contributed by atoms with Crippen LogP contribution in [-0.2, 0) is 17.9 Å². The molecule has 0 fully saturated rings. The minimum atomic E-state index is -0.149. The highest BCUT2D eigenvalue weighted by Gasteiger charge is 2.20. The molecule has 0 bridgehead atoms. The largest absolute Gasteiger partial charge is 0.497 e. The number of fused-ring (bicyclic) bond motifs is 1. The predicted octanol–water partition coefficient (Wildman–Crippen LogP) is 5.80. The van der Waals surface area contributed by atoms with Gasteiger partial charge in [0.2, 0.25) is 5.91 Å². The Bertz CT molecular complexity index is 1050. The maximum atomic E-state index is 13.2. The van der Waals surface area contributed by atoms with Crippen molar-refractivity contribution < 1.29 is 19.1 Å². The van der Waals surface area contributed by atoms with E-state index in [0.29, 0.717) is 36.1 Å². The standard InChI is InChI=1S/C31H45N3O4/c1-23(2)13-16-33-14-9-7-6-8-10-15-34(24(3)35)30-12-11-26(19-27(30)22-33)31(36)32-21-25-17-28(37-4)20-29(18-25)38-5/h11-12,17-20,23H,6-10,13-16,21-22H2,1-5H3,(H,32,36). The summed E-state index contributed by atoms with van der Waals surface area (Å²) >= 11 is 0. The normalized spacial score (nSPS) is 15.3. The molecular weight excluding hydrogens is 478 g/mol. The highest BCUT2D eigenvalue weighted by Crippen LogP contribution is 2.27. The number of benzene rings is 2. The zero-order chi connectivity index (χ0) is 27.5. The predicted molar refractivity (Wildman–Crippen MR) is 153 cm³/mol. The second kappa shape index (κ2) is 14.8. The van der Waals surface area contributed by atoms with Gasteiger partial charge in [-0.1, -0.05) is 33.1 Å². The van der Waals surface area contributed by atoms with E-state index in [2.05, 4.69) is 24.1 Å². The molecule has 0 saturated carbocycles. The molecule has 0 radical (unpaired) electrons. The first-order valence-corrected chi connectivity index (χ1v) is 13.9. The maximum absolute atomic E-state index is 13.2. The zero-order valence-electron chi connectivity index (χ0n) is 23.8. The van der Waals surface area contributed by atoms with Crippen molar-refractivity contribution in [2.75, 3.05) is 38.8 Å². The van der Waals surface area contributed by atoms with E-state index in [0.717, 1.165) is 55.7 Å².